The summed E-state index contributed by atoms with van der Waals surface area (Å²) in [5.41, 5.74) is 1.99. The van der Waals surface area contributed by atoms with Gasteiger partial charge >= 0.3 is 12.0 Å². The van der Waals surface area contributed by atoms with Crippen LogP contribution in [-0.4, -0.2) is 87.8 Å². The van der Waals surface area contributed by atoms with E-state index >= 15 is 0 Å². The highest BCUT2D eigenvalue weighted by molar-refractivity contribution is 6.22. The molecule has 3 heterocycles. The van der Waals surface area contributed by atoms with E-state index < -0.39 is 6.04 Å². The molecule has 1 unspecified atom stereocenters. The van der Waals surface area contributed by atoms with Crippen molar-refractivity contribution in [3.8, 4) is 0 Å². The average molecular weight is 375 g/mol. The Morgan fingerprint density at radius 2 is 1.96 bits per heavy atom. The van der Waals surface area contributed by atoms with E-state index in [4.69, 9.17) is 4.74 Å². The third-order valence-electron chi connectivity index (χ3n) is 4.93. The summed E-state index contributed by atoms with van der Waals surface area (Å²) >= 11 is 0. The normalized spacial score (nSPS) is 19.9. The van der Waals surface area contributed by atoms with Gasteiger partial charge < -0.3 is 4.74 Å². The standard InChI is InChI=1S/C18H27N6O3/c1-6-12-11-13(7-2)24(20-12)17-19-15-14(21(17)4)16(25)23(9-10-27-8-3)18(26)22(15)5/h11,14H,6-10H2,1-5H3/q+1. The molecule has 146 valence electrons. The van der Waals surface area contributed by atoms with Crippen molar-refractivity contribution in [2.24, 2.45) is 4.99 Å². The molecule has 27 heavy (non-hydrogen) atoms. The Bertz CT molecular complexity index is 825. The summed E-state index contributed by atoms with van der Waals surface area (Å²) in [6, 6.07) is 1.03. The zero-order valence-corrected chi connectivity index (χ0v) is 16.6. The van der Waals surface area contributed by atoms with Crippen molar-refractivity contribution in [2.75, 3.05) is 33.9 Å². The van der Waals surface area contributed by atoms with Gasteiger partial charge in [0.15, 0.2) is 0 Å². The SMILES string of the molecule is CCOCCN1C(=O)C2C(=NC(n3nc(CC)cc3CC)=[N+]2C)N(C)C1=O. The quantitative estimate of drug-likeness (QED) is 0.537. The summed E-state index contributed by atoms with van der Waals surface area (Å²) in [5.74, 6) is 0.715. The van der Waals surface area contributed by atoms with Crippen LogP contribution < -0.4 is 0 Å². The van der Waals surface area contributed by atoms with E-state index in [1.807, 2.05) is 27.0 Å². The molecular formula is C18H27N6O3+. The molecule has 0 bridgehead atoms. The van der Waals surface area contributed by atoms with Crippen LogP contribution in [0.3, 0.4) is 0 Å². The molecule has 0 saturated carbocycles. The predicted molar refractivity (Wildman–Crippen MR) is 100 cm³/mol. The number of rotatable bonds is 6. The first kappa shape index (κ1) is 19.2. The Morgan fingerprint density at radius 3 is 2.59 bits per heavy atom. The molecule has 0 spiro atoms. The van der Waals surface area contributed by atoms with Crippen LogP contribution in [0.1, 0.15) is 32.2 Å². The van der Waals surface area contributed by atoms with Crippen molar-refractivity contribution in [2.45, 2.75) is 39.7 Å². The molecule has 9 nitrogen and oxygen atoms in total. The van der Waals surface area contributed by atoms with E-state index in [2.05, 4.69) is 17.0 Å². The molecule has 9 heteroatoms. The highest BCUT2D eigenvalue weighted by Gasteiger charge is 2.52. The minimum atomic E-state index is -0.636. The molecule has 3 amide bonds. The Balaban J connectivity index is 1.98. The molecule has 1 saturated heterocycles. The van der Waals surface area contributed by atoms with Gasteiger partial charge in [-0.05, 0) is 19.4 Å². The Labute approximate surface area is 158 Å². The molecule has 2 aliphatic heterocycles. The molecule has 1 fully saturated rings. The molecule has 1 atom stereocenters. The van der Waals surface area contributed by atoms with E-state index in [9.17, 15) is 9.59 Å². The third kappa shape index (κ3) is 3.16. The zero-order valence-electron chi connectivity index (χ0n) is 16.6. The Hall–Kier alpha value is -2.55. The van der Waals surface area contributed by atoms with Crippen molar-refractivity contribution in [3.63, 3.8) is 0 Å². The fourth-order valence-corrected chi connectivity index (χ4v) is 3.36. The van der Waals surface area contributed by atoms with Gasteiger partial charge in [-0.3, -0.25) is 14.6 Å². The number of amides is 3. The lowest BCUT2D eigenvalue weighted by molar-refractivity contribution is -0.507. The number of hydrogen-bond donors (Lipinski definition) is 0. The average Bonchev–Trinajstić information content (AvgIpc) is 3.23. The van der Waals surface area contributed by atoms with Gasteiger partial charge in [0.05, 0.1) is 25.9 Å². The number of aliphatic imine (C=N–C) groups is 1. The van der Waals surface area contributed by atoms with Crippen LogP contribution in [0.2, 0.25) is 0 Å². The van der Waals surface area contributed by atoms with Gasteiger partial charge in [0.1, 0.15) is 5.69 Å². The summed E-state index contributed by atoms with van der Waals surface area (Å²) in [4.78, 5) is 33.0. The first-order chi connectivity index (χ1) is 12.9. The molecule has 3 rings (SSSR count). The zero-order chi connectivity index (χ0) is 19.7. The molecular weight excluding hydrogens is 348 g/mol. The summed E-state index contributed by atoms with van der Waals surface area (Å²) in [7, 11) is 3.46. The van der Waals surface area contributed by atoms with Gasteiger partial charge in [0.2, 0.25) is 11.9 Å². The molecule has 2 aliphatic rings. The number of aryl methyl sites for hydroxylation is 2. The van der Waals surface area contributed by atoms with Crippen molar-refractivity contribution < 1.29 is 18.9 Å². The van der Waals surface area contributed by atoms with Gasteiger partial charge in [-0.2, -0.15) is 0 Å². The van der Waals surface area contributed by atoms with E-state index in [0.717, 1.165) is 24.2 Å². The summed E-state index contributed by atoms with van der Waals surface area (Å²) in [6.07, 6.45) is 1.61. The summed E-state index contributed by atoms with van der Waals surface area (Å²) in [5, 5.41) is 4.62. The lowest BCUT2D eigenvalue weighted by atomic mass is 10.1. The highest BCUT2D eigenvalue weighted by atomic mass is 16.5. The largest absolute Gasteiger partial charge is 0.421 e. The van der Waals surface area contributed by atoms with Crippen molar-refractivity contribution in [1.82, 2.24) is 19.6 Å². The van der Waals surface area contributed by atoms with Crippen LogP contribution in [-0.2, 0) is 22.4 Å². The van der Waals surface area contributed by atoms with Gasteiger partial charge in [-0.25, -0.2) is 9.37 Å². The van der Waals surface area contributed by atoms with Crippen molar-refractivity contribution in [1.29, 1.82) is 0 Å². The van der Waals surface area contributed by atoms with Gasteiger partial charge in [0, 0.05) is 20.1 Å². The number of carbonyl (C=O) groups is 2. The second-order valence-electron chi connectivity index (χ2n) is 6.56. The number of carbonyl (C=O) groups excluding carboxylic acids is 2. The summed E-state index contributed by atoms with van der Waals surface area (Å²) < 4.78 is 8.88. The van der Waals surface area contributed by atoms with E-state index in [1.54, 1.807) is 16.3 Å². The highest BCUT2D eigenvalue weighted by Crippen LogP contribution is 2.20. The number of imide groups is 1. The minimum absolute atomic E-state index is 0.227. The van der Waals surface area contributed by atoms with Crippen molar-refractivity contribution in [3.05, 3.63) is 17.5 Å². The predicted octanol–water partition coefficient (Wildman–Crippen LogP) is 0.566. The maximum Gasteiger partial charge on any atom is 0.421 e. The third-order valence-corrected chi connectivity index (χ3v) is 4.93. The van der Waals surface area contributed by atoms with Gasteiger partial charge in [-0.1, -0.05) is 18.8 Å². The van der Waals surface area contributed by atoms with Crippen LogP contribution >= 0.6 is 0 Å². The van der Waals surface area contributed by atoms with Crippen LogP contribution in [0.5, 0.6) is 0 Å². The van der Waals surface area contributed by atoms with Crippen LogP contribution in [0.25, 0.3) is 0 Å². The first-order valence-corrected chi connectivity index (χ1v) is 9.37. The lowest BCUT2D eigenvalue weighted by Gasteiger charge is -2.33. The number of hydrogen-bond acceptors (Lipinski definition) is 5. The number of aromatic nitrogens is 2. The molecule has 0 aliphatic carbocycles. The van der Waals surface area contributed by atoms with Gasteiger partial charge in [-0.15, -0.1) is 9.78 Å². The molecule has 0 aromatic carbocycles. The number of nitrogens with zero attached hydrogens (tertiary/aromatic N) is 6. The Kier molecular flexibility index (Phi) is 5.41. The fourth-order valence-electron chi connectivity index (χ4n) is 3.36. The second kappa shape index (κ2) is 7.59. The number of ether oxygens (including phenoxy) is 1. The number of amidine groups is 1. The summed E-state index contributed by atoms with van der Waals surface area (Å²) in [6.45, 7) is 7.07. The fraction of sp³-hybridized carbons (Fsp3) is 0.611. The van der Waals surface area contributed by atoms with Crippen LogP contribution in [0.4, 0.5) is 4.79 Å². The van der Waals surface area contributed by atoms with E-state index in [0.29, 0.717) is 25.0 Å². The molecule has 1 aromatic rings. The number of urea groups is 1. The minimum Gasteiger partial charge on any atom is -0.380 e. The topological polar surface area (TPSA) is 83.0 Å². The van der Waals surface area contributed by atoms with E-state index in [1.165, 1.54) is 9.80 Å². The first-order valence-electron chi connectivity index (χ1n) is 9.37. The number of fused-ring (bicyclic) bond motifs is 1. The van der Waals surface area contributed by atoms with Crippen molar-refractivity contribution >= 4 is 23.7 Å². The number of likely N-dealkylation sites (N-methyl/N-ethyl adjacent to an activating group) is 2. The van der Waals surface area contributed by atoms with Crippen LogP contribution in [0, 0.1) is 0 Å². The lowest BCUT2D eigenvalue weighted by Crippen LogP contribution is -2.62. The van der Waals surface area contributed by atoms with Gasteiger partial charge in [0.25, 0.3) is 5.91 Å². The molecule has 1 aromatic heterocycles. The maximum atomic E-state index is 13.0. The molecule has 0 N–H and O–H groups in total. The second-order valence-corrected chi connectivity index (χ2v) is 6.56. The molecule has 0 radical (unpaired) electrons. The Morgan fingerprint density at radius 1 is 1.22 bits per heavy atom. The maximum absolute atomic E-state index is 13.0. The smallest absolute Gasteiger partial charge is 0.380 e. The van der Waals surface area contributed by atoms with E-state index in [-0.39, 0.29) is 18.5 Å². The monoisotopic (exact) mass is 375 g/mol. The van der Waals surface area contributed by atoms with Crippen LogP contribution in [0.15, 0.2) is 11.1 Å².